The molecule has 7 aromatic rings. The van der Waals surface area contributed by atoms with E-state index < -0.39 is 8.07 Å². The van der Waals surface area contributed by atoms with Crippen LogP contribution in [0.3, 0.4) is 0 Å². The standard InChI is InChI=1S/C24H15FNO.C17H22NSi.Ir/c1-15-10-11-26-22(12-15)21-7-3-6-20-19-9-8-17(14-23(19)27-24(20)21)16-4-2-5-18(25)13-16;1-13(2)15-11-16(14-9-7-6-8-10-14)18-12-17(15)19(3,4)5;/h2-6,8-14H,1H3;6-9,11-13H,1-5H3;/q2*-1;. The number of nitrogens with zero attached hydrogens (tertiary/aromatic N) is 2. The van der Waals surface area contributed by atoms with Crippen molar-refractivity contribution in [2.24, 2.45) is 0 Å². The molecule has 3 heterocycles. The molecule has 0 atom stereocenters. The van der Waals surface area contributed by atoms with Crippen molar-refractivity contribution in [3.05, 3.63) is 139 Å². The summed E-state index contributed by atoms with van der Waals surface area (Å²) in [6.45, 7) is 13.7. The van der Waals surface area contributed by atoms with E-state index in [-0.39, 0.29) is 25.9 Å². The van der Waals surface area contributed by atoms with Crippen LogP contribution in [0.2, 0.25) is 19.6 Å². The molecule has 0 spiro atoms. The Morgan fingerprint density at radius 1 is 0.766 bits per heavy atom. The van der Waals surface area contributed by atoms with E-state index in [1.54, 1.807) is 12.3 Å². The smallest absolute Gasteiger partial charge is 0.123 e. The summed E-state index contributed by atoms with van der Waals surface area (Å²) in [5.74, 6) is 0.284. The maximum Gasteiger partial charge on any atom is 0.123 e. The molecular weight excluding hydrogens is 776 g/mol. The van der Waals surface area contributed by atoms with Crippen LogP contribution >= 0.6 is 0 Å². The van der Waals surface area contributed by atoms with Gasteiger partial charge < -0.3 is 14.4 Å². The van der Waals surface area contributed by atoms with E-state index in [0.29, 0.717) is 5.92 Å². The molecule has 3 aromatic heterocycles. The molecule has 239 valence electrons. The molecule has 6 heteroatoms. The first-order valence-electron chi connectivity index (χ1n) is 15.6. The SMILES string of the molecule is CC(C)c1cc(-c2[c-]cccc2)ncc1[Si](C)(C)C.Cc1ccnc(-c2[c-]ccc3c2oc2cc(-c4cccc(F)c4)ccc23)c1.[Ir]. The second kappa shape index (κ2) is 14.3. The summed E-state index contributed by atoms with van der Waals surface area (Å²) in [5.41, 5.74) is 9.64. The zero-order valence-electron chi connectivity index (χ0n) is 27.5. The molecule has 0 amide bonds. The number of hydrogen-bond donors (Lipinski definition) is 0. The van der Waals surface area contributed by atoms with Crippen molar-refractivity contribution in [1.29, 1.82) is 0 Å². The van der Waals surface area contributed by atoms with Gasteiger partial charge in [-0.15, -0.1) is 54.1 Å². The predicted octanol–water partition coefficient (Wildman–Crippen LogP) is 10.8. The maximum absolute atomic E-state index is 13.6. The summed E-state index contributed by atoms with van der Waals surface area (Å²) in [4.78, 5) is 9.13. The van der Waals surface area contributed by atoms with E-state index in [0.717, 1.165) is 61.1 Å². The Bertz CT molecular complexity index is 2150. The first kappa shape index (κ1) is 34.1. The molecule has 0 saturated heterocycles. The second-order valence-electron chi connectivity index (χ2n) is 13.0. The first-order chi connectivity index (χ1) is 22.1. The fourth-order valence-electron chi connectivity index (χ4n) is 5.73. The molecule has 0 aliphatic carbocycles. The molecule has 0 N–H and O–H groups in total. The number of benzene rings is 4. The van der Waals surface area contributed by atoms with Gasteiger partial charge in [-0.05, 0) is 64.8 Å². The summed E-state index contributed by atoms with van der Waals surface area (Å²) in [5, 5.41) is 3.52. The molecule has 3 nitrogen and oxygen atoms in total. The number of aromatic nitrogens is 2. The fourth-order valence-corrected chi connectivity index (χ4v) is 7.41. The van der Waals surface area contributed by atoms with Crippen LogP contribution in [0.15, 0.2) is 114 Å². The van der Waals surface area contributed by atoms with Crippen molar-refractivity contribution < 1.29 is 28.9 Å². The van der Waals surface area contributed by atoms with Crippen molar-refractivity contribution in [2.45, 2.75) is 46.3 Å². The average Bonchev–Trinajstić information content (AvgIpc) is 3.43. The summed E-state index contributed by atoms with van der Waals surface area (Å²) in [6, 6.07) is 37.3. The number of rotatable bonds is 5. The van der Waals surface area contributed by atoms with Gasteiger partial charge in [0.05, 0.1) is 13.7 Å². The maximum atomic E-state index is 13.6. The number of halogens is 1. The zero-order chi connectivity index (χ0) is 32.4. The Hall–Kier alpha value is -4.22. The summed E-state index contributed by atoms with van der Waals surface area (Å²) < 4.78 is 19.8. The van der Waals surface area contributed by atoms with E-state index >= 15 is 0 Å². The van der Waals surface area contributed by atoms with Crippen molar-refractivity contribution >= 4 is 35.2 Å². The largest absolute Gasteiger partial charge is 0.501 e. The van der Waals surface area contributed by atoms with Crippen LogP contribution in [0.5, 0.6) is 0 Å². The number of aryl methyl sites for hydroxylation is 1. The number of hydrogen-bond acceptors (Lipinski definition) is 3. The third-order valence-corrected chi connectivity index (χ3v) is 10.1. The topological polar surface area (TPSA) is 38.9 Å². The van der Waals surface area contributed by atoms with Crippen molar-refractivity contribution in [1.82, 2.24) is 9.97 Å². The minimum atomic E-state index is -1.34. The van der Waals surface area contributed by atoms with Crippen LogP contribution in [0.4, 0.5) is 4.39 Å². The molecule has 0 unspecified atom stereocenters. The Labute approximate surface area is 291 Å². The number of furan rings is 1. The van der Waals surface area contributed by atoms with Gasteiger partial charge in [0, 0.05) is 37.9 Å². The van der Waals surface area contributed by atoms with Gasteiger partial charge in [0.2, 0.25) is 0 Å². The third kappa shape index (κ3) is 7.52. The number of fused-ring (bicyclic) bond motifs is 3. The first-order valence-corrected chi connectivity index (χ1v) is 19.1. The van der Waals surface area contributed by atoms with E-state index in [1.165, 1.54) is 22.9 Å². The number of pyridine rings is 2. The van der Waals surface area contributed by atoms with Gasteiger partial charge in [0.25, 0.3) is 0 Å². The van der Waals surface area contributed by atoms with Gasteiger partial charge >= 0.3 is 0 Å². The monoisotopic (exact) mass is 813 g/mol. The molecule has 0 aliphatic heterocycles. The molecule has 0 aliphatic rings. The summed E-state index contributed by atoms with van der Waals surface area (Å²) >= 11 is 0. The second-order valence-corrected chi connectivity index (χ2v) is 18.0. The molecule has 7 rings (SSSR count). The Morgan fingerprint density at radius 2 is 1.57 bits per heavy atom. The van der Waals surface area contributed by atoms with Crippen molar-refractivity contribution in [2.75, 3.05) is 0 Å². The average molecular weight is 813 g/mol. The summed E-state index contributed by atoms with van der Waals surface area (Å²) in [6.07, 6.45) is 3.89. The minimum Gasteiger partial charge on any atom is -0.501 e. The molecule has 0 saturated carbocycles. The van der Waals surface area contributed by atoms with Crippen LogP contribution in [0.25, 0.3) is 55.6 Å². The molecule has 1 radical (unpaired) electrons. The Balaban J connectivity index is 0.000000192. The van der Waals surface area contributed by atoms with Gasteiger partial charge in [-0.1, -0.05) is 92.0 Å². The zero-order valence-corrected chi connectivity index (χ0v) is 30.9. The van der Waals surface area contributed by atoms with Crippen LogP contribution < -0.4 is 5.19 Å². The molecule has 0 fully saturated rings. The third-order valence-electron chi connectivity index (χ3n) is 8.11. The fraction of sp³-hybridized carbons (Fsp3) is 0.171. The van der Waals surface area contributed by atoms with E-state index in [4.69, 9.17) is 4.42 Å². The molecule has 4 aromatic carbocycles. The van der Waals surface area contributed by atoms with Gasteiger partial charge in [0.15, 0.2) is 0 Å². The van der Waals surface area contributed by atoms with Crippen LogP contribution in [-0.2, 0) is 20.1 Å². The van der Waals surface area contributed by atoms with Gasteiger partial charge in [-0.2, -0.15) is 0 Å². The van der Waals surface area contributed by atoms with E-state index in [9.17, 15) is 4.39 Å². The molecule has 47 heavy (non-hydrogen) atoms. The van der Waals surface area contributed by atoms with Crippen LogP contribution in [-0.4, -0.2) is 18.0 Å². The minimum absolute atomic E-state index is 0. The van der Waals surface area contributed by atoms with Crippen LogP contribution in [0.1, 0.15) is 30.9 Å². The Morgan fingerprint density at radius 3 is 2.28 bits per heavy atom. The van der Waals surface area contributed by atoms with E-state index in [1.807, 2.05) is 73.7 Å². The van der Waals surface area contributed by atoms with Crippen molar-refractivity contribution in [3.8, 4) is 33.6 Å². The molecule has 0 bridgehead atoms. The van der Waals surface area contributed by atoms with Gasteiger partial charge in [0.1, 0.15) is 11.4 Å². The van der Waals surface area contributed by atoms with Crippen LogP contribution in [0, 0.1) is 24.9 Å². The van der Waals surface area contributed by atoms with Crippen molar-refractivity contribution in [3.63, 3.8) is 0 Å². The molecular formula is C41H37FIrN2OSi-2. The predicted molar refractivity (Wildman–Crippen MR) is 191 cm³/mol. The normalized spacial score (nSPS) is 11.3. The van der Waals surface area contributed by atoms with Gasteiger partial charge in [-0.3, -0.25) is 0 Å². The van der Waals surface area contributed by atoms with Gasteiger partial charge in [-0.25, -0.2) is 4.39 Å². The quantitative estimate of drug-likeness (QED) is 0.128. The Kier molecular flexibility index (Phi) is 10.4. The van der Waals surface area contributed by atoms with E-state index in [2.05, 4.69) is 73.9 Å². The summed E-state index contributed by atoms with van der Waals surface area (Å²) in [7, 11) is -1.34.